The minimum Gasteiger partial charge on any atom is -0.497 e. The molecule has 0 saturated carbocycles. The van der Waals surface area contributed by atoms with Crippen molar-refractivity contribution in [3.63, 3.8) is 0 Å². The molecule has 2 aromatic rings. The van der Waals surface area contributed by atoms with Crippen LogP contribution >= 0.6 is 0 Å². The maximum absolute atomic E-state index is 12.8. The van der Waals surface area contributed by atoms with E-state index in [0.717, 1.165) is 24.4 Å². The van der Waals surface area contributed by atoms with Gasteiger partial charge in [0.15, 0.2) is 0 Å². The van der Waals surface area contributed by atoms with Gasteiger partial charge in [-0.2, -0.15) is 0 Å². The number of anilines is 1. The summed E-state index contributed by atoms with van der Waals surface area (Å²) in [5.74, 6) is 0.838. The van der Waals surface area contributed by atoms with E-state index in [1.54, 1.807) is 31.4 Å². The van der Waals surface area contributed by atoms with Gasteiger partial charge in [-0.3, -0.25) is 14.0 Å². The van der Waals surface area contributed by atoms with E-state index in [9.17, 15) is 13.2 Å². The molecule has 1 atom stereocenters. The molecule has 2 saturated heterocycles. The van der Waals surface area contributed by atoms with Gasteiger partial charge >= 0.3 is 0 Å². The van der Waals surface area contributed by atoms with Crippen molar-refractivity contribution in [2.45, 2.75) is 31.7 Å². The van der Waals surface area contributed by atoms with Crippen molar-refractivity contribution in [1.29, 1.82) is 0 Å². The number of nitrogens with zero attached hydrogens (tertiary/aromatic N) is 2. The standard InChI is InChI=1S/C24H31N3O4S/c1-31-22-12-8-19(9-13-22)23(26-14-3-2-4-15-26)18-25-24(28)20-6-10-21(11-7-20)27-16-5-17-32(27,29)30/h6-13,23H,2-5,14-18H2,1H3,(H,25,28). The largest absolute Gasteiger partial charge is 0.497 e. The van der Waals surface area contributed by atoms with Gasteiger partial charge in [0.1, 0.15) is 5.75 Å². The zero-order chi connectivity index (χ0) is 22.6. The van der Waals surface area contributed by atoms with E-state index in [2.05, 4.69) is 22.3 Å². The van der Waals surface area contributed by atoms with Crippen molar-refractivity contribution >= 4 is 21.6 Å². The SMILES string of the molecule is COc1ccc(C(CNC(=O)c2ccc(N3CCCS3(=O)=O)cc2)N2CCCCC2)cc1. The third-order valence-corrected chi connectivity index (χ3v) is 8.17. The Hall–Kier alpha value is -2.58. The maximum Gasteiger partial charge on any atom is 0.251 e. The Morgan fingerprint density at radius 3 is 2.25 bits per heavy atom. The molecule has 0 aliphatic carbocycles. The Morgan fingerprint density at radius 1 is 0.969 bits per heavy atom. The van der Waals surface area contributed by atoms with E-state index in [0.29, 0.717) is 30.8 Å². The number of rotatable bonds is 7. The molecule has 7 nitrogen and oxygen atoms in total. The number of carbonyl (C=O) groups is 1. The van der Waals surface area contributed by atoms with Crippen molar-refractivity contribution in [1.82, 2.24) is 10.2 Å². The van der Waals surface area contributed by atoms with E-state index < -0.39 is 10.0 Å². The Kier molecular flexibility index (Phi) is 7.01. The van der Waals surface area contributed by atoms with Gasteiger partial charge in [-0.15, -0.1) is 0 Å². The van der Waals surface area contributed by atoms with Crippen LogP contribution in [-0.4, -0.2) is 58.3 Å². The number of likely N-dealkylation sites (tertiary alicyclic amines) is 1. The fourth-order valence-corrected chi connectivity index (χ4v) is 6.08. The lowest BCUT2D eigenvalue weighted by Gasteiger charge is -2.35. The fraction of sp³-hybridized carbons (Fsp3) is 0.458. The highest BCUT2D eigenvalue weighted by Gasteiger charge is 2.28. The van der Waals surface area contributed by atoms with Crippen molar-refractivity contribution in [2.24, 2.45) is 0 Å². The summed E-state index contributed by atoms with van der Waals surface area (Å²) in [7, 11) is -1.57. The number of methoxy groups -OCH3 is 1. The van der Waals surface area contributed by atoms with Gasteiger partial charge in [0.25, 0.3) is 5.91 Å². The third kappa shape index (κ3) is 5.07. The molecule has 1 N–H and O–H groups in total. The molecule has 4 rings (SSSR count). The summed E-state index contributed by atoms with van der Waals surface area (Å²) in [5, 5.41) is 3.08. The second-order valence-corrected chi connectivity index (χ2v) is 10.4. The Bertz CT molecular complexity index is 1020. The average Bonchev–Trinajstić information content (AvgIpc) is 3.19. The first-order valence-electron chi connectivity index (χ1n) is 11.2. The number of hydrogen-bond donors (Lipinski definition) is 1. The highest BCUT2D eigenvalue weighted by atomic mass is 32.2. The van der Waals surface area contributed by atoms with Crippen LogP contribution in [0.15, 0.2) is 48.5 Å². The number of hydrogen-bond acceptors (Lipinski definition) is 5. The minimum atomic E-state index is -3.22. The number of ether oxygens (including phenoxy) is 1. The second kappa shape index (κ2) is 9.92. The summed E-state index contributed by atoms with van der Waals surface area (Å²) in [6.45, 7) is 3.04. The van der Waals surface area contributed by atoms with E-state index in [1.807, 2.05) is 12.1 Å². The normalized spacial score (nSPS) is 19.5. The predicted molar refractivity (Wildman–Crippen MR) is 126 cm³/mol. The van der Waals surface area contributed by atoms with Crippen LogP contribution in [-0.2, 0) is 10.0 Å². The second-order valence-electron chi connectivity index (χ2n) is 8.38. The molecular formula is C24H31N3O4S. The molecule has 2 fully saturated rings. The molecular weight excluding hydrogens is 426 g/mol. The molecule has 1 amide bonds. The summed E-state index contributed by atoms with van der Waals surface area (Å²) < 4.78 is 30.9. The summed E-state index contributed by atoms with van der Waals surface area (Å²) in [5.41, 5.74) is 2.29. The number of nitrogens with one attached hydrogen (secondary N) is 1. The minimum absolute atomic E-state index is 0.0965. The number of amides is 1. The predicted octanol–water partition coefficient (Wildman–Crippen LogP) is 3.19. The number of piperidine rings is 1. The zero-order valence-corrected chi connectivity index (χ0v) is 19.3. The monoisotopic (exact) mass is 457 g/mol. The van der Waals surface area contributed by atoms with E-state index in [4.69, 9.17) is 4.74 Å². The van der Waals surface area contributed by atoms with Crippen LogP contribution in [0.3, 0.4) is 0 Å². The van der Waals surface area contributed by atoms with Gasteiger partial charge < -0.3 is 10.1 Å². The first kappa shape index (κ1) is 22.6. The van der Waals surface area contributed by atoms with Gasteiger partial charge in [0.2, 0.25) is 10.0 Å². The van der Waals surface area contributed by atoms with Gasteiger partial charge in [-0.25, -0.2) is 8.42 Å². The van der Waals surface area contributed by atoms with E-state index in [-0.39, 0.29) is 17.7 Å². The molecule has 32 heavy (non-hydrogen) atoms. The van der Waals surface area contributed by atoms with Crippen LogP contribution in [0.1, 0.15) is 47.6 Å². The molecule has 0 aromatic heterocycles. The first-order valence-corrected chi connectivity index (χ1v) is 12.9. The number of sulfonamides is 1. The van der Waals surface area contributed by atoms with Crippen molar-refractivity contribution < 1.29 is 17.9 Å². The van der Waals surface area contributed by atoms with Crippen LogP contribution in [0.2, 0.25) is 0 Å². The lowest BCUT2D eigenvalue weighted by molar-refractivity contribution is 0.0924. The summed E-state index contributed by atoms with van der Waals surface area (Å²) in [6, 6.07) is 15.0. The van der Waals surface area contributed by atoms with Gasteiger partial charge in [0, 0.05) is 18.7 Å². The fourth-order valence-electron chi connectivity index (χ4n) is 4.51. The molecule has 2 aliphatic rings. The van der Waals surface area contributed by atoms with Crippen LogP contribution < -0.4 is 14.4 Å². The highest BCUT2D eigenvalue weighted by Crippen LogP contribution is 2.27. The van der Waals surface area contributed by atoms with Gasteiger partial charge in [-0.1, -0.05) is 18.6 Å². The van der Waals surface area contributed by atoms with Crippen LogP contribution in [0.25, 0.3) is 0 Å². The van der Waals surface area contributed by atoms with Gasteiger partial charge in [-0.05, 0) is 74.3 Å². The van der Waals surface area contributed by atoms with Crippen molar-refractivity contribution in [3.05, 3.63) is 59.7 Å². The molecule has 2 aliphatic heterocycles. The van der Waals surface area contributed by atoms with Crippen LogP contribution in [0.4, 0.5) is 5.69 Å². The van der Waals surface area contributed by atoms with Crippen LogP contribution in [0, 0.1) is 0 Å². The van der Waals surface area contributed by atoms with E-state index >= 15 is 0 Å². The van der Waals surface area contributed by atoms with Crippen molar-refractivity contribution in [2.75, 3.05) is 43.3 Å². The summed E-state index contributed by atoms with van der Waals surface area (Å²) in [4.78, 5) is 15.3. The van der Waals surface area contributed by atoms with E-state index in [1.165, 1.54) is 23.6 Å². The molecule has 0 radical (unpaired) electrons. The molecule has 2 heterocycles. The number of carbonyl (C=O) groups excluding carboxylic acids is 1. The maximum atomic E-state index is 12.8. The molecule has 0 bridgehead atoms. The highest BCUT2D eigenvalue weighted by molar-refractivity contribution is 7.93. The Morgan fingerprint density at radius 2 is 1.66 bits per heavy atom. The lowest BCUT2D eigenvalue weighted by atomic mass is 10.0. The zero-order valence-electron chi connectivity index (χ0n) is 18.5. The molecule has 8 heteroatoms. The molecule has 1 unspecified atom stereocenters. The number of benzene rings is 2. The first-order chi connectivity index (χ1) is 15.5. The molecule has 172 valence electrons. The Balaban J connectivity index is 1.44. The van der Waals surface area contributed by atoms with Crippen molar-refractivity contribution in [3.8, 4) is 5.75 Å². The van der Waals surface area contributed by atoms with Crippen LogP contribution in [0.5, 0.6) is 5.75 Å². The summed E-state index contributed by atoms with van der Waals surface area (Å²) in [6.07, 6.45) is 4.22. The Labute approximate surface area is 190 Å². The smallest absolute Gasteiger partial charge is 0.251 e. The van der Waals surface area contributed by atoms with Gasteiger partial charge in [0.05, 0.1) is 24.6 Å². The quantitative estimate of drug-likeness (QED) is 0.691. The summed E-state index contributed by atoms with van der Waals surface area (Å²) >= 11 is 0. The molecule has 2 aromatic carbocycles. The lowest BCUT2D eigenvalue weighted by Crippen LogP contribution is -2.40. The third-order valence-electron chi connectivity index (χ3n) is 6.30. The average molecular weight is 458 g/mol. The molecule has 0 spiro atoms. The topological polar surface area (TPSA) is 79.0 Å².